The summed E-state index contributed by atoms with van der Waals surface area (Å²) < 4.78 is 1.08. The van der Waals surface area contributed by atoms with Crippen molar-refractivity contribution in [3.63, 3.8) is 0 Å². The summed E-state index contributed by atoms with van der Waals surface area (Å²) in [5.74, 6) is 0. The number of nitrogens with zero attached hydrogens (tertiary/aromatic N) is 1. The Morgan fingerprint density at radius 2 is 2.00 bits per heavy atom. The molecule has 1 unspecified atom stereocenters. The van der Waals surface area contributed by atoms with Crippen LogP contribution in [0.25, 0.3) is 0 Å². The molecule has 0 amide bonds. The minimum Gasteiger partial charge on any atom is -0.389 e. The number of hydrogen-bond donors (Lipinski definition) is 2. The fourth-order valence-electron chi connectivity index (χ4n) is 2.36. The van der Waals surface area contributed by atoms with Gasteiger partial charge in [-0.25, -0.2) is 0 Å². The largest absolute Gasteiger partial charge is 0.389 e. The lowest BCUT2D eigenvalue weighted by Gasteiger charge is -2.31. The highest BCUT2D eigenvalue weighted by Gasteiger charge is 2.19. The van der Waals surface area contributed by atoms with Crippen molar-refractivity contribution in [2.45, 2.75) is 52.7 Å². The molecular formula is C17H29BrN2O. The van der Waals surface area contributed by atoms with Crippen LogP contribution in [0.4, 0.5) is 5.69 Å². The Morgan fingerprint density at radius 3 is 2.48 bits per heavy atom. The summed E-state index contributed by atoms with van der Waals surface area (Å²) in [5, 5.41) is 13.5. The third-order valence-electron chi connectivity index (χ3n) is 3.47. The highest BCUT2D eigenvalue weighted by molar-refractivity contribution is 9.10. The molecule has 1 aromatic rings. The van der Waals surface area contributed by atoms with Crippen LogP contribution in [-0.2, 0) is 0 Å². The molecule has 21 heavy (non-hydrogen) atoms. The lowest BCUT2D eigenvalue weighted by Crippen LogP contribution is -2.38. The number of nitrogens with one attached hydrogen (secondary N) is 1. The summed E-state index contributed by atoms with van der Waals surface area (Å²) in [4.78, 5) is 2.19. The molecule has 0 aliphatic carbocycles. The smallest absolute Gasteiger partial charge is 0.0765 e. The molecular weight excluding hydrogens is 328 g/mol. The molecule has 0 bridgehead atoms. The van der Waals surface area contributed by atoms with Crippen molar-refractivity contribution in [3.05, 3.63) is 28.2 Å². The van der Waals surface area contributed by atoms with Crippen LogP contribution in [0.1, 0.15) is 52.6 Å². The summed E-state index contributed by atoms with van der Waals surface area (Å²) in [6.45, 7) is 12.7. The standard InChI is InChI=1S/C17H29BrN2O/c1-6-10-19-13(3)14-8-9-16(15(18)11-14)20(7-2)12-17(4,5)21/h8-9,11,13,19,21H,6-7,10,12H2,1-5H3. The van der Waals surface area contributed by atoms with Crippen molar-refractivity contribution in [2.24, 2.45) is 0 Å². The first-order valence-corrected chi connectivity index (χ1v) is 8.58. The number of anilines is 1. The van der Waals surface area contributed by atoms with Crippen molar-refractivity contribution in [1.29, 1.82) is 0 Å². The lowest BCUT2D eigenvalue weighted by molar-refractivity contribution is 0.0875. The molecule has 0 saturated heterocycles. The Labute approximate surface area is 137 Å². The average molecular weight is 357 g/mol. The predicted octanol–water partition coefficient (Wildman–Crippen LogP) is 4.11. The zero-order valence-corrected chi connectivity index (χ0v) is 15.5. The van der Waals surface area contributed by atoms with Crippen molar-refractivity contribution in [1.82, 2.24) is 5.32 Å². The molecule has 1 rings (SSSR count). The van der Waals surface area contributed by atoms with E-state index in [0.29, 0.717) is 12.6 Å². The van der Waals surface area contributed by atoms with Crippen LogP contribution in [0, 0.1) is 0 Å². The van der Waals surface area contributed by atoms with Crippen LogP contribution >= 0.6 is 15.9 Å². The molecule has 4 heteroatoms. The SMILES string of the molecule is CCCNC(C)c1ccc(N(CC)CC(C)(C)O)c(Br)c1. The third kappa shape index (κ3) is 5.97. The van der Waals surface area contributed by atoms with E-state index in [0.717, 1.165) is 29.7 Å². The minimum absolute atomic E-state index is 0.347. The van der Waals surface area contributed by atoms with Crippen molar-refractivity contribution < 1.29 is 5.11 Å². The van der Waals surface area contributed by atoms with Crippen LogP contribution in [0.3, 0.4) is 0 Å². The molecule has 0 aliphatic rings. The maximum Gasteiger partial charge on any atom is 0.0765 e. The Balaban J connectivity index is 2.90. The molecule has 0 aliphatic heterocycles. The fourth-order valence-corrected chi connectivity index (χ4v) is 3.01. The van der Waals surface area contributed by atoms with E-state index in [1.54, 1.807) is 0 Å². The Bertz CT molecular complexity index is 443. The van der Waals surface area contributed by atoms with Crippen LogP contribution in [-0.4, -0.2) is 30.3 Å². The maximum absolute atomic E-state index is 10.0. The van der Waals surface area contributed by atoms with Gasteiger partial charge in [0.05, 0.1) is 11.3 Å². The minimum atomic E-state index is -0.704. The van der Waals surface area contributed by atoms with E-state index in [2.05, 4.69) is 65.1 Å². The second kappa shape index (κ2) is 8.16. The van der Waals surface area contributed by atoms with Crippen LogP contribution in [0.2, 0.25) is 0 Å². The molecule has 0 saturated carbocycles. The van der Waals surface area contributed by atoms with E-state index in [1.807, 2.05) is 13.8 Å². The summed E-state index contributed by atoms with van der Waals surface area (Å²) in [7, 11) is 0. The highest BCUT2D eigenvalue weighted by Crippen LogP contribution is 2.30. The van der Waals surface area contributed by atoms with Gasteiger partial charge in [-0.3, -0.25) is 0 Å². The first-order chi connectivity index (χ1) is 9.78. The second-order valence-electron chi connectivity index (χ2n) is 6.21. The zero-order valence-electron chi connectivity index (χ0n) is 13.9. The quantitative estimate of drug-likeness (QED) is 0.735. The molecule has 0 fully saturated rings. The average Bonchev–Trinajstić information content (AvgIpc) is 2.41. The number of likely N-dealkylation sites (N-methyl/N-ethyl adjacent to an activating group) is 1. The number of aliphatic hydroxyl groups is 1. The summed E-state index contributed by atoms with van der Waals surface area (Å²) in [5.41, 5.74) is 1.70. The fraction of sp³-hybridized carbons (Fsp3) is 0.647. The van der Waals surface area contributed by atoms with Gasteiger partial charge in [-0.05, 0) is 74.3 Å². The Kier molecular flexibility index (Phi) is 7.17. The topological polar surface area (TPSA) is 35.5 Å². The molecule has 120 valence electrons. The summed E-state index contributed by atoms with van der Waals surface area (Å²) >= 11 is 3.68. The first-order valence-electron chi connectivity index (χ1n) is 7.78. The predicted molar refractivity (Wildman–Crippen MR) is 95.0 cm³/mol. The summed E-state index contributed by atoms with van der Waals surface area (Å²) in [6.07, 6.45) is 1.14. The third-order valence-corrected chi connectivity index (χ3v) is 4.11. The zero-order chi connectivity index (χ0) is 16.0. The van der Waals surface area contributed by atoms with Gasteiger partial charge >= 0.3 is 0 Å². The number of rotatable bonds is 8. The highest BCUT2D eigenvalue weighted by atomic mass is 79.9. The van der Waals surface area contributed by atoms with Gasteiger partial charge in [0, 0.05) is 23.6 Å². The van der Waals surface area contributed by atoms with E-state index < -0.39 is 5.60 Å². The van der Waals surface area contributed by atoms with E-state index in [-0.39, 0.29) is 0 Å². The van der Waals surface area contributed by atoms with Crippen LogP contribution < -0.4 is 10.2 Å². The van der Waals surface area contributed by atoms with E-state index >= 15 is 0 Å². The van der Waals surface area contributed by atoms with E-state index in [9.17, 15) is 5.11 Å². The van der Waals surface area contributed by atoms with Crippen molar-refractivity contribution in [3.8, 4) is 0 Å². The van der Waals surface area contributed by atoms with Gasteiger partial charge in [0.2, 0.25) is 0 Å². The number of halogens is 1. The van der Waals surface area contributed by atoms with Gasteiger partial charge < -0.3 is 15.3 Å². The lowest BCUT2D eigenvalue weighted by atomic mass is 10.1. The Hall–Kier alpha value is -0.580. The van der Waals surface area contributed by atoms with Gasteiger partial charge in [0.15, 0.2) is 0 Å². The molecule has 2 N–H and O–H groups in total. The van der Waals surface area contributed by atoms with Crippen molar-refractivity contribution >= 4 is 21.6 Å². The Morgan fingerprint density at radius 1 is 1.33 bits per heavy atom. The van der Waals surface area contributed by atoms with Gasteiger partial charge in [0.25, 0.3) is 0 Å². The van der Waals surface area contributed by atoms with Crippen LogP contribution in [0.5, 0.6) is 0 Å². The van der Waals surface area contributed by atoms with E-state index in [1.165, 1.54) is 5.56 Å². The number of benzene rings is 1. The molecule has 0 aromatic heterocycles. The maximum atomic E-state index is 10.0. The molecule has 3 nitrogen and oxygen atoms in total. The monoisotopic (exact) mass is 356 g/mol. The first kappa shape index (κ1) is 18.5. The van der Waals surface area contributed by atoms with Crippen LogP contribution in [0.15, 0.2) is 22.7 Å². The number of hydrogen-bond acceptors (Lipinski definition) is 3. The van der Waals surface area contributed by atoms with Gasteiger partial charge in [-0.15, -0.1) is 0 Å². The summed E-state index contributed by atoms with van der Waals surface area (Å²) in [6, 6.07) is 6.83. The molecule has 1 atom stereocenters. The van der Waals surface area contributed by atoms with Crippen molar-refractivity contribution in [2.75, 3.05) is 24.5 Å². The normalized spacial score (nSPS) is 13.3. The molecule has 0 heterocycles. The second-order valence-corrected chi connectivity index (χ2v) is 7.07. The van der Waals surface area contributed by atoms with Gasteiger partial charge in [0.1, 0.15) is 0 Å². The molecule has 0 spiro atoms. The molecule has 0 radical (unpaired) electrons. The molecule has 1 aromatic carbocycles. The van der Waals surface area contributed by atoms with E-state index in [4.69, 9.17) is 0 Å². The van der Waals surface area contributed by atoms with Gasteiger partial charge in [-0.1, -0.05) is 13.0 Å². The van der Waals surface area contributed by atoms with Gasteiger partial charge in [-0.2, -0.15) is 0 Å².